The fourth-order valence-corrected chi connectivity index (χ4v) is 3.30. The van der Waals surface area contributed by atoms with Crippen molar-refractivity contribution in [2.24, 2.45) is 0 Å². The Hall–Kier alpha value is -2.79. The van der Waals surface area contributed by atoms with E-state index < -0.39 is 11.8 Å². The van der Waals surface area contributed by atoms with E-state index in [1.807, 2.05) is 48.5 Å². The third-order valence-electron chi connectivity index (χ3n) is 4.79. The van der Waals surface area contributed by atoms with E-state index in [2.05, 4.69) is 33.0 Å². The number of carbonyl (C=O) groups excluding carboxylic acids is 2. The Kier molecular flexibility index (Phi) is 5.47. The number of hydrogen-bond acceptors (Lipinski definition) is 3. The van der Waals surface area contributed by atoms with Crippen LogP contribution in [0.15, 0.2) is 54.1 Å². The number of carbonyl (C=O) groups is 2. The van der Waals surface area contributed by atoms with Crippen molar-refractivity contribution in [3.05, 3.63) is 70.8 Å². The highest BCUT2D eigenvalue weighted by Gasteiger charge is 2.34. The first-order valence-corrected chi connectivity index (χ1v) is 9.72. The van der Waals surface area contributed by atoms with Gasteiger partial charge >= 0.3 is 0 Å². The van der Waals surface area contributed by atoms with Gasteiger partial charge in [-0.3, -0.25) is 19.8 Å². The molecule has 1 fully saturated rings. The van der Waals surface area contributed by atoms with Crippen LogP contribution in [-0.2, 0) is 21.4 Å². The van der Waals surface area contributed by atoms with Crippen LogP contribution in [0.4, 0.5) is 5.69 Å². The molecule has 28 heavy (non-hydrogen) atoms. The van der Waals surface area contributed by atoms with Gasteiger partial charge in [-0.1, -0.05) is 64.1 Å². The molecule has 4 nitrogen and oxygen atoms in total. The zero-order chi connectivity index (χ0) is 20.5. The zero-order valence-corrected chi connectivity index (χ0v) is 17.4. The quantitative estimate of drug-likeness (QED) is 0.479. The third-order valence-corrected chi connectivity index (χ3v) is 5.08. The van der Waals surface area contributed by atoms with Gasteiger partial charge in [-0.15, -0.1) is 0 Å². The first kappa shape index (κ1) is 20.0. The Morgan fingerprint density at radius 3 is 2.14 bits per heavy atom. The maximum Gasteiger partial charge on any atom is 0.270 e. The molecule has 0 radical (unpaired) electrons. The molecule has 2 amide bonds. The summed E-state index contributed by atoms with van der Waals surface area (Å²) < 4.78 is 0. The summed E-state index contributed by atoms with van der Waals surface area (Å²) in [6, 6.07) is 15.5. The molecular weight excluding hydrogens is 368 g/mol. The van der Waals surface area contributed by atoms with E-state index in [1.54, 1.807) is 6.08 Å². The van der Waals surface area contributed by atoms with Gasteiger partial charge in [-0.2, -0.15) is 0 Å². The summed E-state index contributed by atoms with van der Waals surface area (Å²) in [5.74, 6) is -0.894. The number of nitrogens with one attached hydrogen (secondary N) is 1. The Bertz CT molecular complexity index is 952. The van der Waals surface area contributed by atoms with E-state index in [-0.39, 0.29) is 16.1 Å². The molecule has 5 heteroatoms. The fourth-order valence-electron chi connectivity index (χ4n) is 3.02. The minimum absolute atomic E-state index is 0.0390. The summed E-state index contributed by atoms with van der Waals surface area (Å²) in [5, 5.41) is 2.72. The minimum Gasteiger partial charge on any atom is -0.298 e. The molecule has 0 aromatic heterocycles. The highest BCUT2D eigenvalue weighted by molar-refractivity contribution is 7.80. The fraction of sp³-hybridized carbons (Fsp3) is 0.261. The molecule has 1 aliphatic rings. The van der Waals surface area contributed by atoms with Crippen LogP contribution in [0.5, 0.6) is 0 Å². The summed E-state index contributed by atoms with van der Waals surface area (Å²) in [6.07, 6.45) is 2.52. The maximum absolute atomic E-state index is 13.0. The first-order valence-electron chi connectivity index (χ1n) is 9.31. The lowest BCUT2D eigenvalue weighted by Gasteiger charge is -2.29. The predicted octanol–water partition coefficient (Wildman–Crippen LogP) is 4.38. The van der Waals surface area contributed by atoms with Gasteiger partial charge in [0.1, 0.15) is 5.57 Å². The number of nitrogens with zero attached hydrogens (tertiary/aromatic N) is 1. The monoisotopic (exact) mass is 392 g/mol. The standard InChI is InChI=1S/C23H24N2O2S/c1-5-15-8-12-18(13-9-15)25-21(27)19(20(26)24-22(25)28)14-16-6-10-17(11-7-16)23(2,3)4/h6-14H,5H2,1-4H3,(H,24,26,28)/b19-14+. The Labute approximate surface area is 171 Å². The van der Waals surface area contributed by atoms with Gasteiger partial charge < -0.3 is 0 Å². The van der Waals surface area contributed by atoms with E-state index in [0.717, 1.165) is 17.5 Å². The molecule has 1 aliphatic heterocycles. The van der Waals surface area contributed by atoms with Crippen molar-refractivity contribution in [1.29, 1.82) is 0 Å². The molecule has 2 aromatic rings. The van der Waals surface area contributed by atoms with Gasteiger partial charge in [-0.25, -0.2) is 0 Å². The smallest absolute Gasteiger partial charge is 0.270 e. The van der Waals surface area contributed by atoms with Gasteiger partial charge in [0.2, 0.25) is 0 Å². The number of hydrogen-bond donors (Lipinski definition) is 1. The van der Waals surface area contributed by atoms with E-state index in [1.165, 1.54) is 10.5 Å². The lowest BCUT2D eigenvalue weighted by Crippen LogP contribution is -2.54. The van der Waals surface area contributed by atoms with Crippen molar-refractivity contribution < 1.29 is 9.59 Å². The second kappa shape index (κ2) is 7.68. The van der Waals surface area contributed by atoms with Crippen LogP contribution < -0.4 is 10.2 Å². The largest absolute Gasteiger partial charge is 0.298 e. The number of aryl methyl sites for hydroxylation is 1. The molecule has 2 aromatic carbocycles. The summed E-state index contributed by atoms with van der Waals surface area (Å²) in [6.45, 7) is 8.49. The van der Waals surface area contributed by atoms with Crippen molar-refractivity contribution in [3.8, 4) is 0 Å². The highest BCUT2D eigenvalue weighted by atomic mass is 32.1. The first-order chi connectivity index (χ1) is 13.2. The number of rotatable bonds is 3. The topological polar surface area (TPSA) is 49.4 Å². The van der Waals surface area contributed by atoms with Gasteiger partial charge in [0.15, 0.2) is 5.11 Å². The van der Waals surface area contributed by atoms with Crippen LogP contribution in [0.25, 0.3) is 6.08 Å². The van der Waals surface area contributed by atoms with Gasteiger partial charge in [-0.05, 0) is 59.0 Å². The molecule has 0 unspecified atom stereocenters. The van der Waals surface area contributed by atoms with Gasteiger partial charge in [0.05, 0.1) is 5.69 Å². The average Bonchev–Trinajstić information content (AvgIpc) is 2.65. The Balaban J connectivity index is 1.94. The van der Waals surface area contributed by atoms with Crippen LogP contribution in [0.1, 0.15) is 44.4 Å². The summed E-state index contributed by atoms with van der Waals surface area (Å²) in [5.41, 5.74) is 3.89. The van der Waals surface area contributed by atoms with Crippen LogP contribution in [0.2, 0.25) is 0 Å². The van der Waals surface area contributed by atoms with E-state index in [9.17, 15) is 9.59 Å². The SMILES string of the molecule is CCc1ccc(N2C(=O)/C(=C/c3ccc(C(C)(C)C)cc3)C(=O)NC2=S)cc1. The average molecular weight is 393 g/mol. The van der Waals surface area contributed by atoms with E-state index >= 15 is 0 Å². The second-order valence-electron chi connectivity index (χ2n) is 7.85. The van der Waals surface area contributed by atoms with Crippen LogP contribution in [0, 0.1) is 0 Å². The van der Waals surface area contributed by atoms with Crippen LogP contribution in [-0.4, -0.2) is 16.9 Å². The lowest BCUT2D eigenvalue weighted by molar-refractivity contribution is -0.122. The molecule has 0 atom stereocenters. The lowest BCUT2D eigenvalue weighted by atomic mass is 9.86. The molecule has 0 bridgehead atoms. The zero-order valence-electron chi connectivity index (χ0n) is 16.6. The third kappa shape index (κ3) is 4.04. The Morgan fingerprint density at radius 1 is 1.00 bits per heavy atom. The molecule has 0 aliphatic carbocycles. The molecule has 1 saturated heterocycles. The molecule has 1 heterocycles. The van der Waals surface area contributed by atoms with Crippen molar-refractivity contribution in [2.75, 3.05) is 4.90 Å². The second-order valence-corrected chi connectivity index (χ2v) is 8.24. The van der Waals surface area contributed by atoms with Crippen molar-refractivity contribution >= 4 is 40.9 Å². The highest BCUT2D eigenvalue weighted by Crippen LogP contribution is 2.25. The maximum atomic E-state index is 13.0. The summed E-state index contributed by atoms with van der Waals surface area (Å²) >= 11 is 5.25. The molecule has 3 rings (SSSR count). The van der Waals surface area contributed by atoms with Crippen LogP contribution in [0.3, 0.4) is 0 Å². The normalized spacial score (nSPS) is 16.5. The molecule has 0 spiro atoms. The number of thiocarbonyl (C=S) groups is 1. The number of amides is 2. The van der Waals surface area contributed by atoms with Gasteiger partial charge in [0.25, 0.3) is 11.8 Å². The predicted molar refractivity (Wildman–Crippen MR) is 117 cm³/mol. The van der Waals surface area contributed by atoms with E-state index in [4.69, 9.17) is 12.2 Å². The number of benzene rings is 2. The van der Waals surface area contributed by atoms with Crippen molar-refractivity contribution in [2.45, 2.75) is 39.5 Å². The Morgan fingerprint density at radius 2 is 1.61 bits per heavy atom. The van der Waals surface area contributed by atoms with Crippen LogP contribution >= 0.6 is 12.2 Å². The molecule has 144 valence electrons. The molecule has 1 N–H and O–H groups in total. The summed E-state index contributed by atoms with van der Waals surface area (Å²) in [4.78, 5) is 26.8. The van der Waals surface area contributed by atoms with Crippen molar-refractivity contribution in [1.82, 2.24) is 5.32 Å². The summed E-state index contributed by atoms with van der Waals surface area (Å²) in [7, 11) is 0. The minimum atomic E-state index is -0.476. The van der Waals surface area contributed by atoms with Gasteiger partial charge in [0, 0.05) is 0 Å². The number of anilines is 1. The van der Waals surface area contributed by atoms with Crippen molar-refractivity contribution in [3.63, 3.8) is 0 Å². The molecular formula is C23H24N2O2S. The van der Waals surface area contributed by atoms with E-state index in [0.29, 0.717) is 5.69 Å². The molecule has 0 saturated carbocycles.